The van der Waals surface area contributed by atoms with Crippen LogP contribution in [-0.4, -0.2) is 79.4 Å². The van der Waals surface area contributed by atoms with Crippen LogP contribution < -0.4 is 4.74 Å². The van der Waals surface area contributed by atoms with E-state index in [1.165, 1.54) is 0 Å². The molecular formula is C22H31N3O3. The minimum Gasteiger partial charge on any atom is -0.497 e. The molecule has 3 aliphatic heterocycles. The maximum Gasteiger partial charge on any atom is 0.253 e. The summed E-state index contributed by atoms with van der Waals surface area (Å²) in [6.07, 6.45) is 4.76. The molecule has 2 atom stereocenters. The molecule has 0 saturated carbocycles. The number of nitrogens with zero attached hydrogens (tertiary/aromatic N) is 3. The van der Waals surface area contributed by atoms with Gasteiger partial charge >= 0.3 is 0 Å². The van der Waals surface area contributed by atoms with E-state index in [0.717, 1.165) is 57.5 Å². The van der Waals surface area contributed by atoms with Crippen LogP contribution in [0.3, 0.4) is 0 Å². The second-order valence-electron chi connectivity index (χ2n) is 8.46. The second kappa shape index (κ2) is 7.74. The minimum atomic E-state index is -0.325. The number of likely N-dealkylation sites (tertiary alicyclic amines) is 3. The van der Waals surface area contributed by atoms with Crippen LogP contribution in [0.4, 0.5) is 0 Å². The largest absolute Gasteiger partial charge is 0.497 e. The third kappa shape index (κ3) is 3.28. The van der Waals surface area contributed by atoms with E-state index >= 15 is 0 Å². The molecule has 152 valence electrons. The molecule has 0 bridgehead atoms. The predicted molar refractivity (Wildman–Crippen MR) is 107 cm³/mol. The Balaban J connectivity index is 1.53. The standard InChI is InChI=1S/C22H31N3O3/c1-23-15-10-22(21(27)25-12-3-4-13-25)11-16-24(14-9-19(22)23)20(26)17-5-7-18(28-2)8-6-17/h5-8,19H,3-4,9-16H2,1-2H3/t19-,22-/m0/s1. The lowest BCUT2D eigenvalue weighted by Crippen LogP contribution is -2.49. The average Bonchev–Trinajstić information content (AvgIpc) is 3.32. The Labute approximate surface area is 167 Å². The first kappa shape index (κ1) is 19.2. The van der Waals surface area contributed by atoms with Crippen LogP contribution in [0.15, 0.2) is 24.3 Å². The highest BCUT2D eigenvalue weighted by molar-refractivity contribution is 5.94. The molecule has 3 aliphatic rings. The highest BCUT2D eigenvalue weighted by Gasteiger charge is 2.54. The molecule has 1 aromatic carbocycles. The Kier molecular flexibility index (Phi) is 5.32. The average molecular weight is 386 g/mol. The van der Waals surface area contributed by atoms with Crippen LogP contribution in [0.25, 0.3) is 0 Å². The number of hydrogen-bond donors (Lipinski definition) is 0. The van der Waals surface area contributed by atoms with Crippen LogP contribution in [0.5, 0.6) is 5.75 Å². The van der Waals surface area contributed by atoms with Crippen molar-refractivity contribution in [1.82, 2.24) is 14.7 Å². The first-order valence-electron chi connectivity index (χ1n) is 10.5. The van der Waals surface area contributed by atoms with Gasteiger partial charge in [0.15, 0.2) is 0 Å². The first-order valence-corrected chi connectivity index (χ1v) is 10.5. The highest BCUT2D eigenvalue weighted by Crippen LogP contribution is 2.45. The number of rotatable bonds is 3. The smallest absolute Gasteiger partial charge is 0.253 e. The van der Waals surface area contributed by atoms with Crippen molar-refractivity contribution < 1.29 is 14.3 Å². The van der Waals surface area contributed by atoms with Crippen molar-refractivity contribution in [1.29, 1.82) is 0 Å². The SMILES string of the molecule is COc1ccc(C(=O)N2CC[C@@H]3N(C)CC[C@]3(C(=O)N3CCCC3)CC2)cc1. The molecule has 3 saturated heterocycles. The lowest BCUT2D eigenvalue weighted by molar-refractivity contribution is -0.142. The summed E-state index contributed by atoms with van der Waals surface area (Å²) in [6.45, 7) is 4.11. The normalized spacial score (nSPS) is 28.1. The molecule has 3 heterocycles. The van der Waals surface area contributed by atoms with Gasteiger partial charge in [0.1, 0.15) is 5.75 Å². The number of benzene rings is 1. The van der Waals surface area contributed by atoms with Crippen LogP contribution in [0, 0.1) is 5.41 Å². The quantitative estimate of drug-likeness (QED) is 0.801. The predicted octanol–water partition coefficient (Wildman–Crippen LogP) is 2.24. The third-order valence-corrected chi connectivity index (χ3v) is 7.02. The number of fused-ring (bicyclic) bond motifs is 1. The van der Waals surface area contributed by atoms with Crippen LogP contribution >= 0.6 is 0 Å². The fourth-order valence-electron chi connectivity index (χ4n) is 5.34. The molecular weight excluding hydrogens is 354 g/mol. The highest BCUT2D eigenvalue weighted by atomic mass is 16.5. The van der Waals surface area contributed by atoms with Gasteiger partial charge in [-0.3, -0.25) is 9.59 Å². The number of ether oxygens (including phenoxy) is 1. The van der Waals surface area contributed by atoms with Crippen LogP contribution in [-0.2, 0) is 4.79 Å². The van der Waals surface area contributed by atoms with E-state index in [4.69, 9.17) is 4.74 Å². The minimum absolute atomic E-state index is 0.0500. The summed E-state index contributed by atoms with van der Waals surface area (Å²) < 4.78 is 5.19. The summed E-state index contributed by atoms with van der Waals surface area (Å²) in [5.41, 5.74) is 0.356. The van der Waals surface area contributed by atoms with Crippen molar-refractivity contribution in [3.8, 4) is 5.75 Å². The van der Waals surface area contributed by atoms with Crippen molar-refractivity contribution >= 4 is 11.8 Å². The summed E-state index contributed by atoms with van der Waals surface area (Å²) in [6, 6.07) is 7.53. The van der Waals surface area contributed by atoms with Gasteiger partial charge in [0.2, 0.25) is 5.91 Å². The molecule has 1 aromatic rings. The molecule has 4 rings (SSSR count). The lowest BCUT2D eigenvalue weighted by atomic mass is 9.75. The second-order valence-corrected chi connectivity index (χ2v) is 8.46. The molecule has 0 N–H and O–H groups in total. The summed E-state index contributed by atoms with van der Waals surface area (Å²) >= 11 is 0. The van der Waals surface area contributed by atoms with Gasteiger partial charge in [0.25, 0.3) is 5.91 Å². The van der Waals surface area contributed by atoms with Crippen molar-refractivity contribution in [3.05, 3.63) is 29.8 Å². The summed E-state index contributed by atoms with van der Waals surface area (Å²) in [5.74, 6) is 1.13. The summed E-state index contributed by atoms with van der Waals surface area (Å²) in [7, 11) is 3.75. The van der Waals surface area contributed by atoms with Crippen molar-refractivity contribution in [2.24, 2.45) is 5.41 Å². The molecule has 0 unspecified atom stereocenters. The zero-order chi connectivity index (χ0) is 19.7. The molecule has 0 aliphatic carbocycles. The maximum atomic E-state index is 13.5. The topological polar surface area (TPSA) is 53.1 Å². The molecule has 0 aromatic heterocycles. The van der Waals surface area contributed by atoms with Gasteiger partial charge in [-0.05, 0) is 70.0 Å². The van der Waals surface area contributed by atoms with E-state index in [1.807, 2.05) is 29.2 Å². The summed E-state index contributed by atoms with van der Waals surface area (Å²) in [4.78, 5) is 32.9. The molecule has 6 heteroatoms. The van der Waals surface area contributed by atoms with Crippen molar-refractivity contribution in [2.45, 2.75) is 38.1 Å². The van der Waals surface area contributed by atoms with Gasteiger partial charge in [-0.2, -0.15) is 0 Å². The molecule has 0 radical (unpaired) electrons. The van der Waals surface area contributed by atoms with E-state index < -0.39 is 0 Å². The fraction of sp³-hybridized carbons (Fsp3) is 0.636. The number of hydrogen-bond acceptors (Lipinski definition) is 4. The van der Waals surface area contributed by atoms with E-state index in [-0.39, 0.29) is 17.4 Å². The zero-order valence-electron chi connectivity index (χ0n) is 17.0. The number of methoxy groups -OCH3 is 1. The van der Waals surface area contributed by atoms with Gasteiger partial charge in [-0.1, -0.05) is 0 Å². The van der Waals surface area contributed by atoms with Gasteiger partial charge in [0.05, 0.1) is 12.5 Å². The maximum absolute atomic E-state index is 13.5. The number of carbonyl (C=O) groups excluding carboxylic acids is 2. The Morgan fingerprint density at radius 1 is 0.964 bits per heavy atom. The first-order chi connectivity index (χ1) is 13.5. The van der Waals surface area contributed by atoms with Crippen molar-refractivity contribution in [3.63, 3.8) is 0 Å². The van der Waals surface area contributed by atoms with Gasteiger partial charge in [-0.15, -0.1) is 0 Å². The van der Waals surface area contributed by atoms with Gasteiger partial charge < -0.3 is 19.4 Å². The molecule has 6 nitrogen and oxygen atoms in total. The third-order valence-electron chi connectivity index (χ3n) is 7.02. The fourth-order valence-corrected chi connectivity index (χ4v) is 5.34. The molecule has 0 spiro atoms. The molecule has 2 amide bonds. The Morgan fingerprint density at radius 2 is 1.64 bits per heavy atom. The molecule has 3 fully saturated rings. The van der Waals surface area contributed by atoms with E-state index in [1.54, 1.807) is 7.11 Å². The van der Waals surface area contributed by atoms with Crippen LogP contribution in [0.1, 0.15) is 42.5 Å². The molecule has 28 heavy (non-hydrogen) atoms. The van der Waals surface area contributed by atoms with Gasteiger partial charge in [0, 0.05) is 37.8 Å². The van der Waals surface area contributed by atoms with Gasteiger partial charge in [-0.25, -0.2) is 0 Å². The van der Waals surface area contributed by atoms with Crippen molar-refractivity contribution in [2.75, 3.05) is 46.9 Å². The summed E-state index contributed by atoms with van der Waals surface area (Å²) in [5, 5.41) is 0. The Morgan fingerprint density at radius 3 is 2.32 bits per heavy atom. The van der Waals surface area contributed by atoms with E-state index in [9.17, 15) is 9.59 Å². The monoisotopic (exact) mass is 385 g/mol. The Bertz CT molecular complexity index is 729. The van der Waals surface area contributed by atoms with E-state index in [0.29, 0.717) is 24.6 Å². The van der Waals surface area contributed by atoms with Crippen LogP contribution in [0.2, 0.25) is 0 Å². The Hall–Kier alpha value is -2.08. The zero-order valence-corrected chi connectivity index (χ0v) is 17.0. The number of carbonyl (C=O) groups is 2. The van der Waals surface area contributed by atoms with E-state index in [2.05, 4.69) is 16.8 Å². The number of amides is 2. The lowest BCUT2D eigenvalue weighted by Gasteiger charge is -2.37.